The molecule has 4 rings (SSSR count). The third-order valence-corrected chi connectivity index (χ3v) is 7.26. The van der Waals surface area contributed by atoms with Crippen molar-refractivity contribution in [2.24, 2.45) is 0 Å². The molecule has 0 spiro atoms. The lowest BCUT2D eigenvalue weighted by atomic mass is 9.86. The molecule has 8 heteroatoms. The SMILES string of the molecule is CCOc1cc([C@@H]2CC(=O)N3CN(c4ccccc4C)CSC3=C2C#N)cc(Br)c1O. The van der Waals surface area contributed by atoms with Crippen molar-refractivity contribution in [2.75, 3.05) is 24.1 Å². The van der Waals surface area contributed by atoms with Gasteiger partial charge in [-0.1, -0.05) is 30.0 Å². The number of carbonyl (C=O) groups is 1. The van der Waals surface area contributed by atoms with E-state index in [9.17, 15) is 15.2 Å². The van der Waals surface area contributed by atoms with Crippen molar-refractivity contribution >= 4 is 39.3 Å². The first-order valence-electron chi connectivity index (χ1n) is 9.97. The Hall–Kier alpha value is -2.63. The van der Waals surface area contributed by atoms with E-state index in [4.69, 9.17) is 4.74 Å². The van der Waals surface area contributed by atoms with E-state index in [1.54, 1.807) is 17.0 Å². The molecule has 1 fully saturated rings. The lowest BCUT2D eigenvalue weighted by Crippen LogP contribution is -2.47. The first kappa shape index (κ1) is 21.6. The number of ether oxygens (including phenoxy) is 1. The van der Waals surface area contributed by atoms with Crippen LogP contribution < -0.4 is 9.64 Å². The second-order valence-corrected chi connectivity index (χ2v) is 9.22. The zero-order valence-corrected chi connectivity index (χ0v) is 19.7. The summed E-state index contributed by atoms with van der Waals surface area (Å²) in [5.41, 5.74) is 3.59. The topological polar surface area (TPSA) is 76.8 Å². The minimum atomic E-state index is -0.377. The van der Waals surface area contributed by atoms with Gasteiger partial charge in [-0.25, -0.2) is 0 Å². The van der Waals surface area contributed by atoms with Crippen LogP contribution in [0.2, 0.25) is 0 Å². The van der Waals surface area contributed by atoms with Crippen LogP contribution in [-0.4, -0.2) is 35.1 Å². The van der Waals surface area contributed by atoms with E-state index >= 15 is 0 Å². The number of phenolic OH excluding ortho intramolecular Hbond substituents is 1. The normalized spacial score (nSPS) is 18.6. The summed E-state index contributed by atoms with van der Waals surface area (Å²) in [6.07, 6.45) is 0.192. The molecule has 1 atom stereocenters. The fraction of sp³-hybridized carbons (Fsp3) is 0.304. The molecule has 0 radical (unpaired) electrons. The van der Waals surface area contributed by atoms with E-state index < -0.39 is 0 Å². The Labute approximate surface area is 194 Å². The summed E-state index contributed by atoms with van der Waals surface area (Å²) >= 11 is 4.87. The molecule has 0 aliphatic carbocycles. The number of hydrogen-bond donors (Lipinski definition) is 1. The van der Waals surface area contributed by atoms with Crippen LogP contribution in [0.4, 0.5) is 5.69 Å². The molecule has 2 heterocycles. The first-order chi connectivity index (χ1) is 14.9. The third kappa shape index (κ3) is 4.00. The minimum absolute atomic E-state index is 0.0152. The predicted octanol–water partition coefficient (Wildman–Crippen LogP) is 5.08. The fourth-order valence-electron chi connectivity index (χ4n) is 3.98. The number of amides is 1. The molecule has 0 saturated carbocycles. The van der Waals surface area contributed by atoms with E-state index in [-0.39, 0.29) is 24.0 Å². The van der Waals surface area contributed by atoms with E-state index in [2.05, 4.69) is 46.0 Å². The van der Waals surface area contributed by atoms with Crippen LogP contribution >= 0.6 is 27.7 Å². The molecule has 0 unspecified atom stereocenters. The standard InChI is InChI=1S/C23H22BrN3O3S/c1-3-30-20-9-15(8-18(24)22(20)29)16-10-21(28)27-12-26(13-31-23(27)17(16)11-25)19-7-5-4-6-14(19)2/h4-9,16,29H,3,10,12-13H2,1-2H3/t16-/m0/s1. The van der Waals surface area contributed by atoms with Crippen molar-refractivity contribution < 1.29 is 14.6 Å². The smallest absolute Gasteiger partial charge is 0.229 e. The average molecular weight is 500 g/mol. The summed E-state index contributed by atoms with van der Waals surface area (Å²) in [5.74, 6) is 0.613. The van der Waals surface area contributed by atoms with Gasteiger partial charge in [0.15, 0.2) is 11.5 Å². The van der Waals surface area contributed by atoms with Gasteiger partial charge >= 0.3 is 0 Å². The van der Waals surface area contributed by atoms with Gasteiger partial charge in [0.05, 0.1) is 40.3 Å². The number of hydrogen-bond acceptors (Lipinski definition) is 6. The molecule has 1 saturated heterocycles. The summed E-state index contributed by atoms with van der Waals surface area (Å²) in [6.45, 7) is 4.72. The Kier molecular flexibility index (Phi) is 6.17. The number of para-hydroxylation sites is 1. The molecule has 2 aromatic carbocycles. The van der Waals surface area contributed by atoms with Gasteiger partial charge in [-0.05, 0) is 59.1 Å². The molecule has 0 bridgehead atoms. The van der Waals surface area contributed by atoms with Crippen LogP contribution in [0.5, 0.6) is 11.5 Å². The maximum absolute atomic E-state index is 13.1. The summed E-state index contributed by atoms with van der Waals surface area (Å²) in [7, 11) is 0. The maximum atomic E-state index is 13.1. The molecule has 1 N–H and O–H groups in total. The number of halogens is 1. The van der Waals surface area contributed by atoms with Crippen molar-refractivity contribution in [3.63, 3.8) is 0 Å². The number of aromatic hydroxyl groups is 1. The van der Waals surface area contributed by atoms with Crippen LogP contribution in [0, 0.1) is 18.3 Å². The number of phenols is 1. The molecule has 31 heavy (non-hydrogen) atoms. The highest BCUT2D eigenvalue weighted by Crippen LogP contribution is 2.46. The lowest BCUT2D eigenvalue weighted by Gasteiger charge is -2.42. The monoisotopic (exact) mass is 499 g/mol. The number of nitriles is 1. The number of anilines is 1. The van der Waals surface area contributed by atoms with Gasteiger partial charge in [0.2, 0.25) is 5.91 Å². The zero-order chi connectivity index (χ0) is 22.1. The summed E-state index contributed by atoms with van der Waals surface area (Å²) < 4.78 is 6.02. The second kappa shape index (κ2) is 8.85. The first-order valence-corrected chi connectivity index (χ1v) is 11.8. The van der Waals surface area contributed by atoms with Crippen LogP contribution in [-0.2, 0) is 4.79 Å². The number of aryl methyl sites for hydroxylation is 1. The van der Waals surface area contributed by atoms with E-state index in [1.807, 2.05) is 19.1 Å². The lowest BCUT2D eigenvalue weighted by molar-refractivity contribution is -0.129. The number of allylic oxidation sites excluding steroid dienone is 1. The van der Waals surface area contributed by atoms with E-state index in [0.29, 0.717) is 34.9 Å². The Morgan fingerprint density at radius 2 is 2.13 bits per heavy atom. The Morgan fingerprint density at radius 1 is 1.35 bits per heavy atom. The number of nitrogens with zero attached hydrogens (tertiary/aromatic N) is 3. The van der Waals surface area contributed by atoms with Crippen molar-refractivity contribution in [2.45, 2.75) is 26.2 Å². The van der Waals surface area contributed by atoms with Gasteiger partial charge in [-0.3, -0.25) is 9.69 Å². The van der Waals surface area contributed by atoms with E-state index in [0.717, 1.165) is 21.8 Å². The Balaban J connectivity index is 1.70. The summed E-state index contributed by atoms with van der Waals surface area (Å²) in [5, 5.41) is 21.0. The molecule has 2 aliphatic heterocycles. The molecular weight excluding hydrogens is 478 g/mol. The number of thioether (sulfide) groups is 1. The van der Waals surface area contributed by atoms with Crippen LogP contribution in [0.25, 0.3) is 0 Å². The fourth-order valence-corrected chi connectivity index (χ4v) is 5.60. The Morgan fingerprint density at radius 3 is 2.84 bits per heavy atom. The highest BCUT2D eigenvalue weighted by atomic mass is 79.9. The van der Waals surface area contributed by atoms with Crippen LogP contribution in [0.15, 0.2) is 51.5 Å². The molecule has 2 aromatic rings. The average Bonchev–Trinajstić information content (AvgIpc) is 2.77. The van der Waals surface area contributed by atoms with Gasteiger partial charge < -0.3 is 14.7 Å². The van der Waals surface area contributed by atoms with Crippen molar-refractivity contribution in [1.82, 2.24) is 4.90 Å². The van der Waals surface area contributed by atoms with Gasteiger partial charge in [0.25, 0.3) is 0 Å². The molecule has 160 valence electrons. The molecule has 6 nitrogen and oxygen atoms in total. The van der Waals surface area contributed by atoms with E-state index in [1.165, 1.54) is 11.8 Å². The highest BCUT2D eigenvalue weighted by Gasteiger charge is 2.39. The van der Waals surface area contributed by atoms with Crippen LogP contribution in [0.3, 0.4) is 0 Å². The van der Waals surface area contributed by atoms with Gasteiger partial charge in [-0.2, -0.15) is 5.26 Å². The number of fused-ring (bicyclic) bond motifs is 1. The van der Waals surface area contributed by atoms with Gasteiger partial charge in [0.1, 0.15) is 0 Å². The van der Waals surface area contributed by atoms with Gasteiger partial charge in [-0.15, -0.1) is 0 Å². The zero-order valence-electron chi connectivity index (χ0n) is 17.3. The van der Waals surface area contributed by atoms with Crippen LogP contribution in [0.1, 0.15) is 30.4 Å². The predicted molar refractivity (Wildman–Crippen MR) is 125 cm³/mol. The number of rotatable bonds is 4. The molecule has 1 amide bonds. The number of carbonyl (C=O) groups excluding carboxylic acids is 1. The molecule has 0 aromatic heterocycles. The minimum Gasteiger partial charge on any atom is -0.503 e. The third-order valence-electron chi connectivity index (χ3n) is 5.50. The van der Waals surface area contributed by atoms with Gasteiger partial charge in [0, 0.05) is 18.0 Å². The largest absolute Gasteiger partial charge is 0.503 e. The molecular formula is C23H22BrN3O3S. The van der Waals surface area contributed by atoms with Crippen molar-refractivity contribution in [1.29, 1.82) is 5.26 Å². The second-order valence-electron chi connectivity index (χ2n) is 7.43. The maximum Gasteiger partial charge on any atom is 0.229 e. The highest BCUT2D eigenvalue weighted by molar-refractivity contribution is 9.10. The van der Waals surface area contributed by atoms with Crippen molar-refractivity contribution in [3.8, 4) is 17.6 Å². The number of benzene rings is 2. The quantitative estimate of drug-likeness (QED) is 0.631. The summed E-state index contributed by atoms with van der Waals surface area (Å²) in [6, 6.07) is 13.9. The van der Waals surface area contributed by atoms with Crippen molar-refractivity contribution in [3.05, 3.63) is 62.6 Å². The molecule has 2 aliphatic rings. The Bertz CT molecular complexity index is 1110. The summed E-state index contributed by atoms with van der Waals surface area (Å²) in [4.78, 5) is 17.0.